The van der Waals surface area contributed by atoms with E-state index in [0.29, 0.717) is 5.69 Å². The highest BCUT2D eigenvalue weighted by Crippen LogP contribution is 2.21. The van der Waals surface area contributed by atoms with E-state index >= 15 is 0 Å². The fourth-order valence-electron chi connectivity index (χ4n) is 1.95. The first kappa shape index (κ1) is 17.4. The highest BCUT2D eigenvalue weighted by atomic mass is 32.2. The summed E-state index contributed by atoms with van der Waals surface area (Å²) in [5.74, 6) is -0.678. The molecular formula is C15H15N3O5S. The summed E-state index contributed by atoms with van der Waals surface area (Å²) in [4.78, 5) is 23.0. The molecule has 0 aromatic heterocycles. The van der Waals surface area contributed by atoms with Crippen LogP contribution in [-0.4, -0.2) is 32.0 Å². The fourth-order valence-corrected chi connectivity index (χ4v) is 2.67. The lowest BCUT2D eigenvalue weighted by atomic mass is 10.2. The minimum absolute atomic E-state index is 0.101. The summed E-state index contributed by atoms with van der Waals surface area (Å²) < 4.78 is 32.2. The molecule has 0 unspecified atom stereocenters. The van der Waals surface area contributed by atoms with Crippen molar-refractivity contribution in [2.75, 3.05) is 17.7 Å². The summed E-state index contributed by atoms with van der Waals surface area (Å²) in [6.45, 7) is 0. The van der Waals surface area contributed by atoms with Crippen LogP contribution in [0.25, 0.3) is 0 Å². The van der Waals surface area contributed by atoms with Gasteiger partial charge in [-0.15, -0.1) is 0 Å². The van der Waals surface area contributed by atoms with E-state index in [1.165, 1.54) is 19.2 Å². The molecule has 0 aliphatic heterocycles. The van der Waals surface area contributed by atoms with Gasteiger partial charge in [-0.1, -0.05) is 18.2 Å². The van der Waals surface area contributed by atoms with Crippen molar-refractivity contribution < 1.29 is 22.6 Å². The van der Waals surface area contributed by atoms with Crippen LogP contribution in [0, 0.1) is 0 Å². The van der Waals surface area contributed by atoms with Crippen molar-refractivity contribution in [3.63, 3.8) is 0 Å². The average Bonchev–Trinajstić information content (AvgIpc) is 2.54. The molecule has 0 heterocycles. The summed E-state index contributed by atoms with van der Waals surface area (Å²) in [6.07, 6.45) is 0. The average molecular weight is 349 g/mol. The number of nitrogens with one attached hydrogen (secondary N) is 3. The molecule has 3 amide bonds. The maximum absolute atomic E-state index is 11.9. The molecule has 0 bridgehead atoms. The summed E-state index contributed by atoms with van der Waals surface area (Å²) in [5, 5.41) is 7.26. The van der Waals surface area contributed by atoms with Gasteiger partial charge in [0.05, 0.1) is 5.56 Å². The number of amides is 3. The van der Waals surface area contributed by atoms with Gasteiger partial charge in [0, 0.05) is 18.4 Å². The van der Waals surface area contributed by atoms with E-state index < -0.39 is 27.0 Å². The Bertz CT molecular complexity index is 866. The third-order valence-electron chi connectivity index (χ3n) is 3.02. The van der Waals surface area contributed by atoms with E-state index in [9.17, 15) is 22.6 Å². The van der Waals surface area contributed by atoms with Gasteiger partial charge in [-0.2, -0.15) is 8.42 Å². The topological polar surface area (TPSA) is 125 Å². The van der Waals surface area contributed by atoms with Crippen LogP contribution in [0.3, 0.4) is 0 Å². The van der Waals surface area contributed by atoms with Crippen molar-refractivity contribution in [2.24, 2.45) is 0 Å². The van der Waals surface area contributed by atoms with Gasteiger partial charge >= 0.3 is 6.03 Å². The van der Waals surface area contributed by atoms with Crippen molar-refractivity contribution in [1.29, 1.82) is 0 Å². The number of carbonyl (C=O) groups excluding carboxylic acids is 2. The van der Waals surface area contributed by atoms with Crippen LogP contribution < -0.4 is 16.0 Å². The summed E-state index contributed by atoms with van der Waals surface area (Å²) in [7, 11) is -3.31. The quantitative estimate of drug-likeness (QED) is 0.628. The van der Waals surface area contributed by atoms with Gasteiger partial charge in [0.15, 0.2) is 0 Å². The van der Waals surface area contributed by atoms with Crippen LogP contribution in [0.4, 0.5) is 16.2 Å². The zero-order chi connectivity index (χ0) is 17.7. The Morgan fingerprint density at radius 2 is 1.58 bits per heavy atom. The number of urea groups is 1. The van der Waals surface area contributed by atoms with Gasteiger partial charge in [0.2, 0.25) is 0 Å². The molecule has 0 aliphatic rings. The van der Waals surface area contributed by atoms with Crippen molar-refractivity contribution in [2.45, 2.75) is 4.90 Å². The zero-order valence-corrected chi connectivity index (χ0v) is 13.4. The number of carbonyl (C=O) groups is 2. The number of rotatable bonds is 4. The maximum Gasteiger partial charge on any atom is 0.323 e. The molecule has 2 aromatic rings. The third-order valence-corrected chi connectivity index (χ3v) is 3.91. The van der Waals surface area contributed by atoms with Crippen molar-refractivity contribution in [3.8, 4) is 0 Å². The maximum atomic E-state index is 11.9. The molecule has 126 valence electrons. The lowest BCUT2D eigenvalue weighted by Gasteiger charge is -2.11. The Kier molecular flexibility index (Phi) is 5.17. The number of anilines is 2. The molecule has 0 saturated heterocycles. The number of para-hydroxylation sites is 1. The van der Waals surface area contributed by atoms with Crippen LogP contribution in [0.15, 0.2) is 53.4 Å². The first-order valence-electron chi connectivity index (χ1n) is 6.78. The Hall–Kier alpha value is -2.91. The van der Waals surface area contributed by atoms with Crippen LogP contribution in [0.1, 0.15) is 10.4 Å². The van der Waals surface area contributed by atoms with Gasteiger partial charge in [-0.25, -0.2) is 4.79 Å². The Morgan fingerprint density at radius 3 is 2.17 bits per heavy atom. The minimum atomic E-state index is -4.64. The molecular weight excluding hydrogens is 334 g/mol. The fraction of sp³-hybridized carbons (Fsp3) is 0.0667. The second kappa shape index (κ2) is 7.11. The molecule has 4 N–H and O–H groups in total. The van der Waals surface area contributed by atoms with Crippen molar-refractivity contribution in [1.82, 2.24) is 5.32 Å². The molecule has 0 saturated carbocycles. The molecule has 0 radical (unpaired) electrons. The van der Waals surface area contributed by atoms with Gasteiger partial charge in [0.25, 0.3) is 16.0 Å². The van der Waals surface area contributed by atoms with Crippen LogP contribution in [-0.2, 0) is 10.1 Å². The molecule has 0 atom stereocenters. The molecule has 24 heavy (non-hydrogen) atoms. The van der Waals surface area contributed by atoms with E-state index in [4.69, 9.17) is 0 Å². The summed E-state index contributed by atoms with van der Waals surface area (Å²) in [6, 6.07) is 11.6. The highest BCUT2D eigenvalue weighted by Gasteiger charge is 2.21. The Morgan fingerprint density at radius 1 is 0.958 bits per heavy atom. The monoisotopic (exact) mass is 349 g/mol. The van der Waals surface area contributed by atoms with Gasteiger partial charge in [-0.3, -0.25) is 9.35 Å². The van der Waals surface area contributed by atoms with E-state index in [1.807, 2.05) is 0 Å². The lowest BCUT2D eigenvalue weighted by molar-refractivity contribution is 0.0959. The van der Waals surface area contributed by atoms with Crippen LogP contribution in [0.5, 0.6) is 0 Å². The molecule has 2 aromatic carbocycles. The van der Waals surface area contributed by atoms with E-state index in [1.54, 1.807) is 30.3 Å². The predicted octanol–water partition coefficient (Wildman–Crippen LogP) is 1.94. The summed E-state index contributed by atoms with van der Waals surface area (Å²) in [5.41, 5.74) is 0.421. The standard InChI is InChI=1S/C15H15N3O5S/c1-16-14(19)12-8-7-11(9-13(12)24(21,22)23)18-15(20)17-10-5-3-2-4-6-10/h2-9H,1H3,(H,16,19)(H2,17,18,20)(H,21,22,23). The largest absolute Gasteiger partial charge is 0.355 e. The minimum Gasteiger partial charge on any atom is -0.355 e. The van der Waals surface area contributed by atoms with Crippen LogP contribution >= 0.6 is 0 Å². The Labute approximate surface area is 138 Å². The van der Waals surface area contributed by atoms with E-state index in [-0.39, 0.29) is 11.3 Å². The number of benzene rings is 2. The van der Waals surface area contributed by atoms with Crippen molar-refractivity contribution >= 4 is 33.4 Å². The molecule has 8 nitrogen and oxygen atoms in total. The normalized spacial score (nSPS) is 10.8. The second-order valence-corrected chi connectivity index (χ2v) is 6.10. The van der Waals surface area contributed by atoms with Gasteiger partial charge in [-0.05, 0) is 30.3 Å². The third kappa shape index (κ3) is 4.31. The first-order valence-corrected chi connectivity index (χ1v) is 8.22. The van der Waals surface area contributed by atoms with E-state index in [0.717, 1.165) is 6.07 Å². The van der Waals surface area contributed by atoms with Gasteiger partial charge in [0.1, 0.15) is 4.90 Å². The number of hydrogen-bond donors (Lipinski definition) is 4. The zero-order valence-electron chi connectivity index (χ0n) is 12.6. The highest BCUT2D eigenvalue weighted by molar-refractivity contribution is 7.86. The second-order valence-electron chi connectivity index (χ2n) is 4.71. The molecule has 0 fully saturated rings. The Balaban J connectivity index is 2.25. The number of hydrogen-bond acceptors (Lipinski definition) is 4. The first-order chi connectivity index (χ1) is 11.3. The SMILES string of the molecule is CNC(=O)c1ccc(NC(=O)Nc2ccccc2)cc1S(=O)(=O)O. The smallest absolute Gasteiger partial charge is 0.323 e. The molecule has 2 rings (SSSR count). The molecule has 9 heteroatoms. The molecule has 0 aliphatic carbocycles. The van der Waals surface area contributed by atoms with E-state index in [2.05, 4.69) is 16.0 Å². The molecule has 0 spiro atoms. The lowest BCUT2D eigenvalue weighted by Crippen LogP contribution is -2.22. The van der Waals surface area contributed by atoms with Gasteiger partial charge < -0.3 is 16.0 Å². The van der Waals surface area contributed by atoms with Crippen molar-refractivity contribution in [3.05, 3.63) is 54.1 Å². The summed E-state index contributed by atoms with van der Waals surface area (Å²) >= 11 is 0. The van der Waals surface area contributed by atoms with Crippen LogP contribution in [0.2, 0.25) is 0 Å². The predicted molar refractivity (Wildman–Crippen MR) is 88.7 cm³/mol.